The number of aliphatic hydroxyl groups excluding tert-OH is 1. The van der Waals surface area contributed by atoms with Crippen molar-refractivity contribution in [3.8, 4) is 5.75 Å². The van der Waals surface area contributed by atoms with E-state index in [1.54, 1.807) is 25.8 Å². The summed E-state index contributed by atoms with van der Waals surface area (Å²) < 4.78 is 43.5. The molecule has 0 saturated heterocycles. The van der Waals surface area contributed by atoms with Gasteiger partial charge in [-0.3, -0.25) is 4.79 Å². The van der Waals surface area contributed by atoms with E-state index in [1.807, 2.05) is 0 Å². The number of ether oxygens (including phenoxy) is 1. The summed E-state index contributed by atoms with van der Waals surface area (Å²) in [5.41, 5.74) is 0.131. The Kier molecular flexibility index (Phi) is 5.57. The predicted molar refractivity (Wildman–Crippen MR) is 110 cm³/mol. The molecule has 2 atom stereocenters. The molecule has 1 amide bonds. The van der Waals surface area contributed by atoms with E-state index < -0.39 is 24.0 Å². The van der Waals surface area contributed by atoms with Crippen molar-refractivity contribution in [3.05, 3.63) is 29.7 Å². The SMILES string of the molecule is Cc1nc(N[C@H]2C[C@H](Oc3ccc(C(F)(F)F)nc3)C2)nc2c1NC(=O)[C@H]([C@@H](C)O)N2C. The topological polar surface area (TPSA) is 112 Å². The maximum atomic E-state index is 12.6. The summed E-state index contributed by atoms with van der Waals surface area (Å²) in [6.45, 7) is 3.30. The summed E-state index contributed by atoms with van der Waals surface area (Å²) >= 11 is 0. The summed E-state index contributed by atoms with van der Waals surface area (Å²) in [5.74, 6) is 0.852. The van der Waals surface area contributed by atoms with Crippen LogP contribution in [0, 0.1) is 6.92 Å². The molecular weight excluding hydrogens is 429 g/mol. The number of fused-ring (bicyclic) bond motifs is 1. The van der Waals surface area contributed by atoms with Crippen molar-refractivity contribution >= 4 is 23.4 Å². The molecule has 2 aliphatic rings. The Morgan fingerprint density at radius 1 is 1.31 bits per heavy atom. The number of likely N-dealkylation sites (N-methyl/N-ethyl adjacent to an activating group) is 1. The van der Waals surface area contributed by atoms with Crippen LogP contribution in [0.5, 0.6) is 5.75 Å². The smallest absolute Gasteiger partial charge is 0.433 e. The van der Waals surface area contributed by atoms with E-state index in [1.165, 1.54) is 6.07 Å². The van der Waals surface area contributed by atoms with Gasteiger partial charge in [-0.15, -0.1) is 0 Å². The van der Waals surface area contributed by atoms with Crippen LogP contribution < -0.4 is 20.3 Å². The normalized spacial score (nSPS) is 23.7. The predicted octanol–water partition coefficient (Wildman–Crippen LogP) is 2.36. The molecule has 1 aliphatic heterocycles. The molecule has 3 N–H and O–H groups in total. The maximum absolute atomic E-state index is 12.6. The molecule has 1 fully saturated rings. The fourth-order valence-electron chi connectivity index (χ4n) is 3.84. The van der Waals surface area contributed by atoms with Crippen LogP contribution in [0.15, 0.2) is 18.3 Å². The number of amides is 1. The number of anilines is 3. The van der Waals surface area contributed by atoms with Gasteiger partial charge in [0.05, 0.1) is 18.0 Å². The summed E-state index contributed by atoms with van der Waals surface area (Å²) in [4.78, 5) is 26.2. The Morgan fingerprint density at radius 3 is 2.62 bits per heavy atom. The molecule has 0 bridgehead atoms. The molecule has 2 aromatic heterocycles. The zero-order chi connectivity index (χ0) is 23.2. The van der Waals surface area contributed by atoms with E-state index in [0.29, 0.717) is 36.0 Å². The second kappa shape index (κ2) is 8.08. The first-order valence-electron chi connectivity index (χ1n) is 10.1. The molecule has 0 radical (unpaired) electrons. The number of carbonyl (C=O) groups is 1. The van der Waals surface area contributed by atoms with Gasteiger partial charge in [-0.1, -0.05) is 0 Å². The van der Waals surface area contributed by atoms with Crippen molar-refractivity contribution in [3.63, 3.8) is 0 Å². The second-order valence-electron chi connectivity index (χ2n) is 8.05. The van der Waals surface area contributed by atoms with Gasteiger partial charge in [-0.25, -0.2) is 9.97 Å². The van der Waals surface area contributed by atoms with Gasteiger partial charge in [0.25, 0.3) is 0 Å². The number of carbonyl (C=O) groups excluding carboxylic acids is 1. The third-order valence-electron chi connectivity index (χ3n) is 5.55. The van der Waals surface area contributed by atoms with Gasteiger partial charge in [-0.05, 0) is 26.0 Å². The highest BCUT2D eigenvalue weighted by Gasteiger charge is 2.37. The molecular formula is C20H23F3N6O3. The fourth-order valence-corrected chi connectivity index (χ4v) is 3.84. The Bertz CT molecular complexity index is 1010. The molecule has 9 nitrogen and oxygen atoms in total. The van der Waals surface area contributed by atoms with E-state index in [-0.39, 0.29) is 23.8 Å². The highest BCUT2D eigenvalue weighted by molar-refractivity contribution is 6.03. The summed E-state index contributed by atoms with van der Waals surface area (Å²) in [6, 6.07) is 1.41. The Hall–Kier alpha value is -3.15. The average Bonchev–Trinajstić information content (AvgIpc) is 2.67. The fraction of sp³-hybridized carbons (Fsp3) is 0.500. The van der Waals surface area contributed by atoms with Crippen molar-refractivity contribution in [2.24, 2.45) is 0 Å². The number of pyridine rings is 1. The number of aryl methyl sites for hydroxylation is 1. The molecule has 3 heterocycles. The lowest BCUT2D eigenvalue weighted by molar-refractivity contribution is -0.141. The van der Waals surface area contributed by atoms with E-state index >= 15 is 0 Å². The first-order valence-corrected chi connectivity index (χ1v) is 10.1. The first kappa shape index (κ1) is 22.1. The monoisotopic (exact) mass is 452 g/mol. The number of alkyl halides is 3. The zero-order valence-corrected chi connectivity index (χ0v) is 17.6. The molecule has 32 heavy (non-hydrogen) atoms. The van der Waals surface area contributed by atoms with Gasteiger partial charge in [0.2, 0.25) is 11.9 Å². The van der Waals surface area contributed by atoms with E-state index in [0.717, 1.165) is 12.3 Å². The lowest BCUT2D eigenvalue weighted by atomic mass is 9.89. The molecule has 12 heteroatoms. The van der Waals surface area contributed by atoms with Gasteiger partial charge in [0.15, 0.2) is 5.82 Å². The molecule has 4 rings (SSSR count). The van der Waals surface area contributed by atoms with E-state index in [4.69, 9.17) is 4.74 Å². The minimum atomic E-state index is -4.48. The van der Waals surface area contributed by atoms with Gasteiger partial charge in [0, 0.05) is 25.9 Å². The van der Waals surface area contributed by atoms with Crippen LogP contribution >= 0.6 is 0 Å². The minimum Gasteiger partial charge on any atom is -0.489 e. The second-order valence-corrected chi connectivity index (χ2v) is 8.05. The van der Waals surface area contributed by atoms with Crippen LogP contribution in [-0.2, 0) is 11.0 Å². The molecule has 1 aliphatic carbocycles. The Labute approximate surface area is 182 Å². The third kappa shape index (κ3) is 4.27. The van der Waals surface area contributed by atoms with Gasteiger partial charge >= 0.3 is 6.18 Å². The first-order chi connectivity index (χ1) is 15.0. The van der Waals surface area contributed by atoms with Gasteiger partial charge in [-0.2, -0.15) is 18.2 Å². The molecule has 0 spiro atoms. The Morgan fingerprint density at radius 2 is 2.03 bits per heavy atom. The molecule has 172 valence electrons. The van der Waals surface area contributed by atoms with E-state index in [2.05, 4.69) is 25.6 Å². The van der Waals surface area contributed by atoms with Crippen molar-refractivity contribution in [2.45, 2.75) is 57.2 Å². The Balaban J connectivity index is 1.37. The molecule has 2 aromatic rings. The van der Waals surface area contributed by atoms with Gasteiger partial charge < -0.3 is 25.4 Å². The largest absolute Gasteiger partial charge is 0.489 e. The summed E-state index contributed by atoms with van der Waals surface area (Å²) in [7, 11) is 1.69. The number of nitrogens with one attached hydrogen (secondary N) is 2. The molecule has 1 saturated carbocycles. The van der Waals surface area contributed by atoms with Crippen LogP contribution in [0.4, 0.5) is 30.6 Å². The average molecular weight is 452 g/mol. The number of aromatic nitrogens is 3. The number of halogens is 3. The van der Waals surface area contributed by atoms with Crippen LogP contribution in [0.2, 0.25) is 0 Å². The van der Waals surface area contributed by atoms with Crippen molar-refractivity contribution < 1.29 is 27.8 Å². The van der Waals surface area contributed by atoms with Crippen LogP contribution in [-0.4, -0.2) is 57.3 Å². The third-order valence-corrected chi connectivity index (χ3v) is 5.55. The number of hydrogen-bond acceptors (Lipinski definition) is 8. The standard InChI is InChI=1S/C20H23F3N6O3/c1-9-15-17(29(3)16(10(2)30)18(31)27-15)28-19(25-9)26-11-6-13(7-11)32-12-4-5-14(24-8-12)20(21,22)23/h4-5,8,10-11,13,16,30H,6-7H2,1-3H3,(H,27,31)(H,25,26,28)/t10-,11-,13-,16+/m1/s1. The van der Waals surface area contributed by atoms with Crippen LogP contribution in [0.25, 0.3) is 0 Å². The number of rotatable bonds is 5. The van der Waals surface area contributed by atoms with Crippen molar-refractivity contribution in [1.82, 2.24) is 15.0 Å². The highest BCUT2D eigenvalue weighted by atomic mass is 19.4. The van der Waals surface area contributed by atoms with Crippen LogP contribution in [0.1, 0.15) is 31.2 Å². The van der Waals surface area contributed by atoms with E-state index in [9.17, 15) is 23.1 Å². The lowest BCUT2D eigenvalue weighted by Crippen LogP contribution is -2.52. The van der Waals surface area contributed by atoms with Crippen molar-refractivity contribution in [2.75, 3.05) is 22.6 Å². The molecule has 0 unspecified atom stereocenters. The maximum Gasteiger partial charge on any atom is 0.433 e. The zero-order valence-electron chi connectivity index (χ0n) is 17.6. The molecule has 0 aromatic carbocycles. The highest BCUT2D eigenvalue weighted by Crippen LogP contribution is 2.35. The quantitative estimate of drug-likeness (QED) is 0.634. The number of nitrogens with zero attached hydrogens (tertiary/aromatic N) is 4. The van der Waals surface area contributed by atoms with Gasteiger partial charge in [0.1, 0.15) is 29.3 Å². The number of hydrogen-bond donors (Lipinski definition) is 3. The summed E-state index contributed by atoms with van der Waals surface area (Å²) in [6.07, 6.45) is -3.23. The lowest BCUT2D eigenvalue weighted by Gasteiger charge is -2.38. The van der Waals surface area contributed by atoms with Crippen LogP contribution in [0.3, 0.4) is 0 Å². The minimum absolute atomic E-state index is 0.0240. The number of aliphatic hydroxyl groups is 1. The summed E-state index contributed by atoms with van der Waals surface area (Å²) in [5, 5.41) is 15.9. The van der Waals surface area contributed by atoms with Crippen molar-refractivity contribution in [1.29, 1.82) is 0 Å².